The van der Waals surface area contributed by atoms with E-state index >= 15 is 0 Å². The summed E-state index contributed by atoms with van der Waals surface area (Å²) in [6, 6.07) is 0.181. The second-order valence-corrected chi connectivity index (χ2v) is 3.40. The standard InChI is InChI=1S/C9H17N3O/c1-5-7(10-4)9-11-8(6(2)3)12-13-9/h6-7,10H,5H2,1-4H3. The summed E-state index contributed by atoms with van der Waals surface area (Å²) in [4.78, 5) is 4.31. The summed E-state index contributed by atoms with van der Waals surface area (Å²) in [7, 11) is 1.90. The van der Waals surface area contributed by atoms with Crippen LogP contribution in [0.15, 0.2) is 4.52 Å². The maximum Gasteiger partial charge on any atom is 0.243 e. The van der Waals surface area contributed by atoms with E-state index in [4.69, 9.17) is 4.52 Å². The molecule has 0 amide bonds. The van der Waals surface area contributed by atoms with Gasteiger partial charge in [0.15, 0.2) is 5.82 Å². The predicted octanol–water partition coefficient (Wildman–Crippen LogP) is 1.86. The number of hydrogen-bond acceptors (Lipinski definition) is 4. The maximum atomic E-state index is 5.15. The van der Waals surface area contributed by atoms with Gasteiger partial charge in [-0.05, 0) is 13.5 Å². The number of aromatic nitrogens is 2. The van der Waals surface area contributed by atoms with Gasteiger partial charge in [0.2, 0.25) is 5.89 Å². The van der Waals surface area contributed by atoms with Crippen molar-refractivity contribution >= 4 is 0 Å². The molecule has 4 nitrogen and oxygen atoms in total. The molecule has 1 aromatic heterocycles. The summed E-state index contributed by atoms with van der Waals surface area (Å²) in [6.07, 6.45) is 0.955. The lowest BCUT2D eigenvalue weighted by molar-refractivity contribution is 0.330. The fourth-order valence-corrected chi connectivity index (χ4v) is 1.13. The van der Waals surface area contributed by atoms with Crippen LogP contribution < -0.4 is 5.32 Å². The molecule has 0 saturated carbocycles. The molecule has 1 heterocycles. The summed E-state index contributed by atoms with van der Waals surface area (Å²) in [5, 5.41) is 7.03. The maximum absolute atomic E-state index is 5.15. The van der Waals surface area contributed by atoms with E-state index in [1.807, 2.05) is 7.05 Å². The van der Waals surface area contributed by atoms with Crippen LogP contribution in [0.25, 0.3) is 0 Å². The highest BCUT2D eigenvalue weighted by Crippen LogP contribution is 2.16. The lowest BCUT2D eigenvalue weighted by Gasteiger charge is -2.06. The summed E-state index contributed by atoms with van der Waals surface area (Å²) in [5.74, 6) is 1.80. The largest absolute Gasteiger partial charge is 0.338 e. The Balaban J connectivity index is 2.78. The summed E-state index contributed by atoms with van der Waals surface area (Å²) in [6.45, 7) is 6.18. The lowest BCUT2D eigenvalue weighted by atomic mass is 10.2. The molecule has 1 atom stereocenters. The van der Waals surface area contributed by atoms with Crippen LogP contribution in [0.4, 0.5) is 0 Å². The average molecular weight is 183 g/mol. The average Bonchev–Trinajstić information content (AvgIpc) is 2.56. The molecular weight excluding hydrogens is 166 g/mol. The molecular formula is C9H17N3O. The summed E-state index contributed by atoms with van der Waals surface area (Å²) < 4.78 is 5.15. The molecule has 1 rings (SSSR count). The van der Waals surface area contributed by atoms with Gasteiger partial charge < -0.3 is 9.84 Å². The van der Waals surface area contributed by atoms with E-state index in [0.29, 0.717) is 11.8 Å². The second-order valence-electron chi connectivity index (χ2n) is 3.40. The van der Waals surface area contributed by atoms with Gasteiger partial charge in [0.1, 0.15) is 0 Å². The van der Waals surface area contributed by atoms with Gasteiger partial charge in [-0.2, -0.15) is 4.98 Å². The Labute approximate surface area is 78.7 Å². The summed E-state index contributed by atoms with van der Waals surface area (Å²) in [5.41, 5.74) is 0. The van der Waals surface area contributed by atoms with Crippen molar-refractivity contribution < 1.29 is 4.52 Å². The highest BCUT2D eigenvalue weighted by Gasteiger charge is 2.16. The first-order valence-electron chi connectivity index (χ1n) is 4.69. The second kappa shape index (κ2) is 4.37. The number of rotatable bonds is 4. The van der Waals surface area contributed by atoms with Gasteiger partial charge in [-0.3, -0.25) is 0 Å². The summed E-state index contributed by atoms with van der Waals surface area (Å²) >= 11 is 0. The van der Waals surface area contributed by atoms with Crippen molar-refractivity contribution in [3.63, 3.8) is 0 Å². The molecule has 1 N–H and O–H groups in total. The molecule has 0 aromatic carbocycles. The lowest BCUT2D eigenvalue weighted by Crippen LogP contribution is -2.15. The van der Waals surface area contributed by atoms with Gasteiger partial charge in [0, 0.05) is 5.92 Å². The zero-order valence-corrected chi connectivity index (χ0v) is 8.66. The van der Waals surface area contributed by atoms with Gasteiger partial charge in [-0.1, -0.05) is 25.9 Å². The molecule has 0 spiro atoms. The van der Waals surface area contributed by atoms with E-state index < -0.39 is 0 Å². The number of hydrogen-bond donors (Lipinski definition) is 1. The molecule has 0 bridgehead atoms. The monoisotopic (exact) mass is 183 g/mol. The molecule has 0 fully saturated rings. The first kappa shape index (κ1) is 10.2. The SMILES string of the molecule is CCC(NC)c1nc(C(C)C)no1. The van der Waals surface area contributed by atoms with Gasteiger partial charge in [-0.25, -0.2) is 0 Å². The highest BCUT2D eigenvalue weighted by atomic mass is 16.5. The van der Waals surface area contributed by atoms with Crippen molar-refractivity contribution in [2.24, 2.45) is 0 Å². The van der Waals surface area contributed by atoms with Crippen molar-refractivity contribution in [3.8, 4) is 0 Å². The Morgan fingerprint density at radius 1 is 1.46 bits per heavy atom. The van der Waals surface area contributed by atoms with Crippen molar-refractivity contribution in [1.29, 1.82) is 0 Å². The normalized spacial score (nSPS) is 13.6. The number of nitrogens with one attached hydrogen (secondary N) is 1. The van der Waals surface area contributed by atoms with E-state index in [-0.39, 0.29) is 6.04 Å². The Hall–Kier alpha value is -0.900. The van der Waals surface area contributed by atoms with E-state index in [1.54, 1.807) is 0 Å². The zero-order chi connectivity index (χ0) is 9.84. The molecule has 0 saturated heterocycles. The van der Waals surface area contributed by atoms with Crippen molar-refractivity contribution in [2.45, 2.75) is 39.2 Å². The van der Waals surface area contributed by atoms with Crippen LogP contribution in [0, 0.1) is 0 Å². The quantitative estimate of drug-likeness (QED) is 0.774. The van der Waals surface area contributed by atoms with Crippen LogP contribution in [-0.4, -0.2) is 17.2 Å². The van der Waals surface area contributed by atoms with E-state index in [1.165, 1.54) is 0 Å². The van der Waals surface area contributed by atoms with E-state index in [0.717, 1.165) is 12.2 Å². The van der Waals surface area contributed by atoms with Gasteiger partial charge in [0.05, 0.1) is 6.04 Å². The Kier molecular flexibility index (Phi) is 3.42. The first-order chi connectivity index (χ1) is 6.19. The van der Waals surface area contributed by atoms with Crippen LogP contribution in [0.2, 0.25) is 0 Å². The highest BCUT2D eigenvalue weighted by molar-refractivity contribution is 4.95. The van der Waals surface area contributed by atoms with E-state index in [9.17, 15) is 0 Å². The van der Waals surface area contributed by atoms with E-state index in [2.05, 4.69) is 36.2 Å². The Morgan fingerprint density at radius 2 is 2.15 bits per heavy atom. The van der Waals surface area contributed by atoms with Crippen LogP contribution in [0.1, 0.15) is 50.9 Å². The topological polar surface area (TPSA) is 51.0 Å². The van der Waals surface area contributed by atoms with Crippen LogP contribution >= 0.6 is 0 Å². The van der Waals surface area contributed by atoms with Gasteiger partial charge in [-0.15, -0.1) is 0 Å². The molecule has 13 heavy (non-hydrogen) atoms. The van der Waals surface area contributed by atoms with Crippen LogP contribution in [0.3, 0.4) is 0 Å². The Bertz CT molecular complexity index is 253. The third-order valence-electron chi connectivity index (χ3n) is 2.03. The van der Waals surface area contributed by atoms with Crippen molar-refractivity contribution in [3.05, 3.63) is 11.7 Å². The molecule has 1 unspecified atom stereocenters. The molecule has 0 radical (unpaired) electrons. The molecule has 0 aliphatic heterocycles. The zero-order valence-electron chi connectivity index (χ0n) is 8.66. The van der Waals surface area contributed by atoms with Gasteiger partial charge >= 0.3 is 0 Å². The van der Waals surface area contributed by atoms with Crippen LogP contribution in [0.5, 0.6) is 0 Å². The minimum Gasteiger partial charge on any atom is -0.338 e. The molecule has 74 valence electrons. The number of nitrogens with zero attached hydrogens (tertiary/aromatic N) is 2. The minimum absolute atomic E-state index is 0.181. The van der Waals surface area contributed by atoms with Gasteiger partial charge in [0.25, 0.3) is 0 Å². The minimum atomic E-state index is 0.181. The fourth-order valence-electron chi connectivity index (χ4n) is 1.13. The Morgan fingerprint density at radius 3 is 2.54 bits per heavy atom. The van der Waals surface area contributed by atoms with Crippen molar-refractivity contribution in [2.75, 3.05) is 7.05 Å². The molecule has 0 aliphatic rings. The molecule has 4 heteroatoms. The van der Waals surface area contributed by atoms with Crippen LogP contribution in [-0.2, 0) is 0 Å². The third-order valence-corrected chi connectivity index (χ3v) is 2.03. The molecule has 1 aromatic rings. The fraction of sp³-hybridized carbons (Fsp3) is 0.778. The predicted molar refractivity (Wildman–Crippen MR) is 50.5 cm³/mol. The molecule has 0 aliphatic carbocycles. The third kappa shape index (κ3) is 2.28. The first-order valence-corrected chi connectivity index (χ1v) is 4.69. The smallest absolute Gasteiger partial charge is 0.243 e. The van der Waals surface area contributed by atoms with Crippen molar-refractivity contribution in [1.82, 2.24) is 15.5 Å².